The first kappa shape index (κ1) is 20.7. The molecule has 1 aliphatic rings. The first-order chi connectivity index (χ1) is 12.8. The Labute approximate surface area is 162 Å². The fourth-order valence-electron chi connectivity index (χ4n) is 3.12. The lowest BCUT2D eigenvalue weighted by Gasteiger charge is -2.20. The van der Waals surface area contributed by atoms with Gasteiger partial charge in [-0.15, -0.1) is 4.40 Å². The Morgan fingerprint density at radius 3 is 2.32 bits per heavy atom. The zero-order valence-electron chi connectivity index (χ0n) is 16.3. The van der Waals surface area contributed by atoms with Crippen LogP contribution in [0.3, 0.4) is 0 Å². The van der Waals surface area contributed by atoms with E-state index in [1.54, 1.807) is 10.7 Å². The Hall–Kier alpha value is -2.03. The van der Waals surface area contributed by atoms with Crippen molar-refractivity contribution < 1.29 is 21.6 Å². The molecule has 154 valence electrons. The van der Waals surface area contributed by atoms with Gasteiger partial charge in [0.1, 0.15) is 0 Å². The molecule has 1 aromatic heterocycles. The van der Waals surface area contributed by atoms with E-state index in [1.165, 1.54) is 0 Å². The summed E-state index contributed by atoms with van der Waals surface area (Å²) in [6.45, 7) is 6.65. The van der Waals surface area contributed by atoms with Gasteiger partial charge in [0.25, 0.3) is 10.0 Å². The van der Waals surface area contributed by atoms with Crippen LogP contribution in [-0.4, -0.2) is 17.8 Å². The van der Waals surface area contributed by atoms with Crippen LogP contribution in [0.1, 0.15) is 44.9 Å². The average molecular weight is 415 g/mol. The van der Waals surface area contributed by atoms with Crippen molar-refractivity contribution in [2.24, 2.45) is 17.4 Å². The van der Waals surface area contributed by atoms with Crippen LogP contribution < -0.4 is 5.49 Å². The third-order valence-corrected chi connectivity index (χ3v) is 6.09. The zero-order valence-corrected chi connectivity index (χ0v) is 17.1. The molecule has 3 rings (SSSR count). The quantitative estimate of drug-likeness (QED) is 0.762. The predicted octanol–water partition coefficient (Wildman–Crippen LogP) is 3.84. The van der Waals surface area contributed by atoms with E-state index < -0.39 is 26.7 Å². The Bertz CT molecular complexity index is 1050. The first-order valence-corrected chi connectivity index (χ1v) is 10.5. The van der Waals surface area contributed by atoms with E-state index in [1.807, 2.05) is 32.5 Å². The van der Waals surface area contributed by atoms with Gasteiger partial charge in [0.05, 0.1) is 10.5 Å². The maximum absolute atomic E-state index is 13.0. The molecule has 9 heteroatoms. The molecule has 0 saturated heterocycles. The molecule has 28 heavy (non-hydrogen) atoms. The highest BCUT2D eigenvalue weighted by molar-refractivity contribution is 7.90. The Morgan fingerprint density at radius 1 is 1.14 bits per heavy atom. The molecule has 1 aromatic carbocycles. The fraction of sp³-hybridized carbons (Fsp3) is 0.526. The molecule has 0 radical (unpaired) electrons. The number of sulfonamides is 1. The lowest BCUT2D eigenvalue weighted by Crippen LogP contribution is -2.26. The molecule has 0 bridgehead atoms. The number of benzene rings is 1. The van der Waals surface area contributed by atoms with Crippen molar-refractivity contribution in [3.05, 3.63) is 47.1 Å². The van der Waals surface area contributed by atoms with Crippen LogP contribution in [0.2, 0.25) is 0 Å². The van der Waals surface area contributed by atoms with Gasteiger partial charge in [0.2, 0.25) is 0 Å². The lowest BCUT2D eigenvalue weighted by molar-refractivity contribution is -0.137. The molecule has 0 atom stereocenters. The van der Waals surface area contributed by atoms with Gasteiger partial charge in [-0.25, -0.2) is 0 Å². The highest BCUT2D eigenvalue weighted by Gasteiger charge is 2.32. The maximum Gasteiger partial charge on any atom is 0.416 e. The number of hydrogen-bond donors (Lipinski definition) is 0. The fourth-order valence-corrected chi connectivity index (χ4v) is 4.14. The van der Waals surface area contributed by atoms with Gasteiger partial charge in [-0.3, -0.25) is 9.36 Å². The summed E-state index contributed by atoms with van der Waals surface area (Å²) in [4.78, 5) is -0.471. The van der Waals surface area contributed by atoms with Crippen LogP contribution in [0.5, 0.6) is 0 Å². The molecular formula is C19H24F3N3O2S. The number of halogens is 3. The van der Waals surface area contributed by atoms with Crippen molar-refractivity contribution in [3.8, 4) is 0 Å². The van der Waals surface area contributed by atoms with Crippen molar-refractivity contribution in [2.75, 3.05) is 0 Å². The summed E-state index contributed by atoms with van der Waals surface area (Å²) in [6, 6.07) is 5.37. The summed E-state index contributed by atoms with van der Waals surface area (Å²) in [6.07, 6.45) is -2.48. The molecular weight excluding hydrogens is 391 g/mol. The monoisotopic (exact) mass is 415 g/mol. The molecule has 1 saturated carbocycles. The molecule has 1 aliphatic carbocycles. The van der Waals surface area contributed by atoms with E-state index in [2.05, 4.69) is 4.40 Å². The summed E-state index contributed by atoms with van der Waals surface area (Å²) < 4.78 is 71.9. The highest BCUT2D eigenvalue weighted by atomic mass is 32.2. The molecule has 0 spiro atoms. The van der Waals surface area contributed by atoms with E-state index >= 15 is 0 Å². The Morgan fingerprint density at radius 2 is 1.79 bits per heavy atom. The SMILES string of the molecule is Cn1c(C(C)(C)C)cc(=NS(=O)(=O)c2cccc(C(F)(F)F)c2)n1CC1CC1. The second-order valence-electron chi connectivity index (χ2n) is 8.28. The minimum Gasteiger partial charge on any atom is -0.291 e. The van der Waals surface area contributed by atoms with Crippen LogP contribution in [0, 0.1) is 5.92 Å². The van der Waals surface area contributed by atoms with Gasteiger partial charge in [-0.05, 0) is 37.0 Å². The van der Waals surface area contributed by atoms with E-state index in [-0.39, 0.29) is 10.9 Å². The van der Waals surface area contributed by atoms with Gasteiger partial charge in [0.15, 0.2) is 5.49 Å². The maximum atomic E-state index is 13.0. The van der Waals surface area contributed by atoms with Crippen LogP contribution in [0.4, 0.5) is 13.2 Å². The molecule has 1 fully saturated rings. The van der Waals surface area contributed by atoms with Crippen LogP contribution in [0.25, 0.3) is 0 Å². The molecule has 0 amide bonds. The van der Waals surface area contributed by atoms with Crippen LogP contribution in [0.15, 0.2) is 39.6 Å². The molecule has 0 N–H and O–H groups in total. The van der Waals surface area contributed by atoms with E-state index in [0.717, 1.165) is 36.7 Å². The molecule has 0 aliphatic heterocycles. The Balaban J connectivity index is 2.14. The van der Waals surface area contributed by atoms with Gasteiger partial charge in [0, 0.05) is 30.8 Å². The average Bonchev–Trinajstić information content (AvgIpc) is 3.33. The molecule has 0 unspecified atom stereocenters. The van der Waals surface area contributed by atoms with Gasteiger partial charge in [-0.1, -0.05) is 26.8 Å². The summed E-state index contributed by atoms with van der Waals surface area (Å²) in [5.74, 6) is 0.469. The largest absolute Gasteiger partial charge is 0.416 e. The minimum atomic E-state index is -4.62. The van der Waals surface area contributed by atoms with Crippen molar-refractivity contribution in [1.29, 1.82) is 0 Å². The number of rotatable bonds is 4. The Kier molecular flexibility index (Phi) is 5.02. The van der Waals surface area contributed by atoms with E-state index in [4.69, 9.17) is 0 Å². The van der Waals surface area contributed by atoms with E-state index in [0.29, 0.717) is 18.5 Å². The van der Waals surface area contributed by atoms with Gasteiger partial charge >= 0.3 is 6.18 Å². The standard InChI is InChI=1S/C19H24F3N3O2S/c1-18(2,3)16-11-17(25(24(16)4)12-13-8-9-13)23-28(26,27)15-7-5-6-14(10-15)19(20,21)22/h5-7,10-11,13H,8-9,12H2,1-4H3. The number of nitrogens with zero attached hydrogens (tertiary/aromatic N) is 3. The minimum absolute atomic E-state index is 0.233. The molecule has 5 nitrogen and oxygen atoms in total. The highest BCUT2D eigenvalue weighted by Crippen LogP contribution is 2.32. The topological polar surface area (TPSA) is 56.4 Å². The first-order valence-electron chi connectivity index (χ1n) is 9.04. The van der Waals surface area contributed by atoms with Gasteiger partial charge < -0.3 is 0 Å². The third kappa shape index (κ3) is 4.34. The van der Waals surface area contributed by atoms with Crippen molar-refractivity contribution >= 4 is 10.0 Å². The summed E-state index contributed by atoms with van der Waals surface area (Å²) in [7, 11) is -2.45. The normalized spacial score (nSPS) is 16.6. The van der Waals surface area contributed by atoms with Crippen molar-refractivity contribution in [3.63, 3.8) is 0 Å². The number of hydrogen-bond acceptors (Lipinski definition) is 2. The van der Waals surface area contributed by atoms with Gasteiger partial charge in [-0.2, -0.15) is 21.6 Å². The molecule has 2 aromatic rings. The second-order valence-corrected chi connectivity index (χ2v) is 9.88. The number of alkyl halides is 3. The second kappa shape index (κ2) is 6.79. The third-order valence-electron chi connectivity index (χ3n) is 4.81. The lowest BCUT2D eigenvalue weighted by atomic mass is 9.92. The number of aromatic nitrogens is 2. The summed E-state index contributed by atoms with van der Waals surface area (Å²) in [5, 5.41) is 0. The van der Waals surface area contributed by atoms with Crippen LogP contribution >= 0.6 is 0 Å². The smallest absolute Gasteiger partial charge is 0.291 e. The van der Waals surface area contributed by atoms with Crippen molar-refractivity contribution in [1.82, 2.24) is 9.36 Å². The predicted molar refractivity (Wildman–Crippen MR) is 99.0 cm³/mol. The molecule has 1 heterocycles. The van der Waals surface area contributed by atoms with Crippen molar-refractivity contribution in [2.45, 2.75) is 56.6 Å². The zero-order chi connectivity index (χ0) is 20.9. The summed E-state index contributed by atoms with van der Waals surface area (Å²) in [5.41, 5.74) is -0.130. The van der Waals surface area contributed by atoms with Crippen LogP contribution in [-0.2, 0) is 35.2 Å². The summed E-state index contributed by atoms with van der Waals surface area (Å²) >= 11 is 0. The van der Waals surface area contributed by atoms with E-state index in [9.17, 15) is 21.6 Å².